The molecule has 0 saturated carbocycles. The van der Waals surface area contributed by atoms with Crippen LogP contribution >= 0.6 is 0 Å². The molecule has 2 aromatic heterocycles. The SMILES string of the molecule is Cn1cc(Nc2n[nH]c(=O)[nH]c2=O)cn1. The molecule has 0 amide bonds. The van der Waals surface area contributed by atoms with Gasteiger partial charge in [-0.15, -0.1) is 5.10 Å². The fourth-order valence-electron chi connectivity index (χ4n) is 1.05. The topological polar surface area (TPSA) is 108 Å². The van der Waals surface area contributed by atoms with Gasteiger partial charge < -0.3 is 5.32 Å². The van der Waals surface area contributed by atoms with E-state index >= 15 is 0 Å². The molecule has 0 aliphatic carbocycles. The number of nitrogens with one attached hydrogen (secondary N) is 3. The summed E-state index contributed by atoms with van der Waals surface area (Å²) in [7, 11) is 1.75. The minimum absolute atomic E-state index is 0.0163. The first-order valence-corrected chi connectivity index (χ1v) is 4.10. The number of H-pyrrole nitrogens is 2. The predicted octanol–water partition coefficient (Wildman–Crippen LogP) is -1.06. The smallest absolute Gasteiger partial charge is 0.332 e. The van der Waals surface area contributed by atoms with Gasteiger partial charge in [0.1, 0.15) is 0 Å². The van der Waals surface area contributed by atoms with Crippen LogP contribution in [0.25, 0.3) is 0 Å². The van der Waals surface area contributed by atoms with Gasteiger partial charge in [-0.05, 0) is 0 Å². The largest absolute Gasteiger partial charge is 0.342 e. The molecule has 0 radical (unpaired) electrons. The van der Waals surface area contributed by atoms with E-state index in [2.05, 4.69) is 20.6 Å². The molecular weight excluding hydrogens is 200 g/mol. The van der Waals surface area contributed by atoms with Gasteiger partial charge in [-0.2, -0.15) is 5.10 Å². The van der Waals surface area contributed by atoms with E-state index in [-0.39, 0.29) is 5.82 Å². The van der Waals surface area contributed by atoms with Crippen molar-refractivity contribution in [3.05, 3.63) is 33.2 Å². The molecule has 0 aliphatic rings. The van der Waals surface area contributed by atoms with Crippen LogP contribution in [0.1, 0.15) is 0 Å². The Kier molecular flexibility index (Phi) is 2.08. The van der Waals surface area contributed by atoms with Crippen molar-refractivity contribution in [3.8, 4) is 0 Å². The molecule has 2 aromatic rings. The van der Waals surface area contributed by atoms with Gasteiger partial charge in [-0.3, -0.25) is 14.5 Å². The third kappa shape index (κ3) is 1.93. The van der Waals surface area contributed by atoms with E-state index in [0.29, 0.717) is 5.69 Å². The summed E-state index contributed by atoms with van der Waals surface area (Å²) in [4.78, 5) is 24.0. The van der Waals surface area contributed by atoms with Gasteiger partial charge in [-0.1, -0.05) is 0 Å². The summed E-state index contributed by atoms with van der Waals surface area (Å²) in [5.41, 5.74) is -0.609. The maximum atomic E-state index is 11.2. The predicted molar refractivity (Wildman–Crippen MR) is 52.0 cm³/mol. The molecule has 0 spiro atoms. The van der Waals surface area contributed by atoms with Crippen molar-refractivity contribution < 1.29 is 0 Å². The minimum atomic E-state index is -0.642. The molecule has 0 fully saturated rings. The number of hydrogen-bond acceptors (Lipinski definition) is 5. The zero-order valence-corrected chi connectivity index (χ0v) is 7.81. The lowest BCUT2D eigenvalue weighted by Gasteiger charge is -1.98. The molecule has 0 saturated heterocycles. The number of aromatic amines is 2. The minimum Gasteiger partial charge on any atom is -0.332 e. The van der Waals surface area contributed by atoms with Gasteiger partial charge in [0.15, 0.2) is 0 Å². The van der Waals surface area contributed by atoms with Gasteiger partial charge in [0.2, 0.25) is 5.82 Å². The van der Waals surface area contributed by atoms with Crippen LogP contribution in [0.3, 0.4) is 0 Å². The van der Waals surface area contributed by atoms with Crippen LogP contribution in [0.4, 0.5) is 11.5 Å². The summed E-state index contributed by atoms with van der Waals surface area (Å²) in [6, 6.07) is 0. The first-order valence-electron chi connectivity index (χ1n) is 4.10. The van der Waals surface area contributed by atoms with Crippen LogP contribution in [0.15, 0.2) is 22.0 Å². The third-order valence-electron chi connectivity index (χ3n) is 1.68. The molecule has 8 heteroatoms. The van der Waals surface area contributed by atoms with Crippen LogP contribution in [0.5, 0.6) is 0 Å². The number of nitrogens with zero attached hydrogens (tertiary/aromatic N) is 3. The van der Waals surface area contributed by atoms with Crippen LogP contribution in [0.2, 0.25) is 0 Å². The lowest BCUT2D eigenvalue weighted by molar-refractivity contribution is 0.768. The standard InChI is InChI=1S/C7H8N6O2/c1-13-3-4(2-8-13)9-5-6(14)10-7(15)12-11-5/h2-3H,1H3,(H,9,11)(H2,10,12,14,15). The monoisotopic (exact) mass is 208 g/mol. The van der Waals surface area contributed by atoms with Crippen molar-refractivity contribution in [2.45, 2.75) is 0 Å². The molecule has 15 heavy (non-hydrogen) atoms. The highest BCUT2D eigenvalue weighted by Crippen LogP contribution is 2.07. The molecule has 0 atom stereocenters. The Balaban J connectivity index is 2.32. The van der Waals surface area contributed by atoms with E-state index < -0.39 is 11.2 Å². The van der Waals surface area contributed by atoms with Crippen LogP contribution in [-0.2, 0) is 7.05 Å². The summed E-state index contributed by atoms with van der Waals surface area (Å²) in [6.45, 7) is 0. The highest BCUT2D eigenvalue weighted by molar-refractivity contribution is 5.51. The Morgan fingerprint density at radius 3 is 2.87 bits per heavy atom. The quantitative estimate of drug-likeness (QED) is 0.582. The van der Waals surface area contributed by atoms with Crippen molar-refractivity contribution in [1.29, 1.82) is 0 Å². The number of hydrogen-bond donors (Lipinski definition) is 3. The maximum Gasteiger partial charge on any atom is 0.342 e. The van der Waals surface area contributed by atoms with Gasteiger partial charge in [0, 0.05) is 13.2 Å². The average Bonchev–Trinajstić information content (AvgIpc) is 2.56. The van der Waals surface area contributed by atoms with E-state index in [4.69, 9.17) is 0 Å². The molecule has 8 nitrogen and oxygen atoms in total. The molecule has 0 aromatic carbocycles. The zero-order valence-electron chi connectivity index (χ0n) is 7.81. The van der Waals surface area contributed by atoms with Crippen LogP contribution in [0, 0.1) is 0 Å². The van der Waals surface area contributed by atoms with Crippen LogP contribution < -0.4 is 16.6 Å². The van der Waals surface area contributed by atoms with Crippen molar-refractivity contribution >= 4 is 11.5 Å². The molecular formula is C7H8N6O2. The summed E-state index contributed by atoms with van der Waals surface area (Å²) >= 11 is 0. The van der Waals surface area contributed by atoms with Crippen LogP contribution in [-0.4, -0.2) is 25.0 Å². The Morgan fingerprint density at radius 1 is 1.47 bits per heavy atom. The van der Waals surface area contributed by atoms with E-state index in [1.165, 1.54) is 6.20 Å². The zero-order chi connectivity index (χ0) is 10.8. The van der Waals surface area contributed by atoms with E-state index in [9.17, 15) is 9.59 Å². The van der Waals surface area contributed by atoms with E-state index in [1.54, 1.807) is 17.9 Å². The van der Waals surface area contributed by atoms with Gasteiger partial charge in [0.05, 0.1) is 11.9 Å². The third-order valence-corrected chi connectivity index (χ3v) is 1.68. The van der Waals surface area contributed by atoms with E-state index in [1.807, 2.05) is 4.98 Å². The van der Waals surface area contributed by atoms with Gasteiger partial charge in [0.25, 0.3) is 5.56 Å². The molecule has 78 valence electrons. The molecule has 3 N–H and O–H groups in total. The highest BCUT2D eigenvalue weighted by Gasteiger charge is 2.03. The summed E-state index contributed by atoms with van der Waals surface area (Å²) in [6.07, 6.45) is 3.21. The van der Waals surface area contributed by atoms with Crippen molar-refractivity contribution in [3.63, 3.8) is 0 Å². The molecule has 0 bridgehead atoms. The molecule has 2 heterocycles. The Morgan fingerprint density at radius 2 is 2.27 bits per heavy atom. The molecule has 0 unspecified atom stereocenters. The fraction of sp³-hybridized carbons (Fsp3) is 0.143. The molecule has 2 rings (SSSR count). The lowest BCUT2D eigenvalue weighted by atomic mass is 10.5. The van der Waals surface area contributed by atoms with Gasteiger partial charge >= 0.3 is 5.69 Å². The summed E-state index contributed by atoms with van der Waals surface area (Å²) in [5.74, 6) is 0.0163. The second-order valence-corrected chi connectivity index (χ2v) is 2.88. The first kappa shape index (κ1) is 9.19. The number of rotatable bonds is 2. The Labute approximate surface area is 83.0 Å². The number of aryl methyl sites for hydroxylation is 1. The Bertz CT molecular complexity index is 579. The highest BCUT2D eigenvalue weighted by atomic mass is 16.2. The Hall–Kier alpha value is -2.38. The lowest BCUT2D eigenvalue weighted by Crippen LogP contribution is -2.25. The number of anilines is 2. The average molecular weight is 208 g/mol. The van der Waals surface area contributed by atoms with Crippen molar-refractivity contribution in [2.75, 3.05) is 5.32 Å². The maximum absolute atomic E-state index is 11.2. The second-order valence-electron chi connectivity index (χ2n) is 2.88. The fourth-order valence-corrected chi connectivity index (χ4v) is 1.05. The second kappa shape index (κ2) is 3.40. The normalized spacial score (nSPS) is 10.2. The summed E-state index contributed by atoms with van der Waals surface area (Å²) in [5, 5.41) is 12.3. The van der Waals surface area contributed by atoms with E-state index in [0.717, 1.165) is 0 Å². The molecule has 0 aliphatic heterocycles. The summed E-state index contributed by atoms with van der Waals surface area (Å²) < 4.78 is 1.57. The van der Waals surface area contributed by atoms with Crippen molar-refractivity contribution in [1.82, 2.24) is 25.0 Å². The van der Waals surface area contributed by atoms with Gasteiger partial charge in [-0.25, -0.2) is 9.89 Å². The first-order chi connectivity index (χ1) is 7.15. The number of aromatic nitrogens is 5. The van der Waals surface area contributed by atoms with Crippen molar-refractivity contribution in [2.24, 2.45) is 7.05 Å².